The van der Waals surface area contributed by atoms with Crippen molar-refractivity contribution in [1.29, 1.82) is 0 Å². The maximum absolute atomic E-state index is 14.4. The molecule has 1 N–H and O–H groups in total. The molecule has 5 nitrogen and oxygen atoms in total. The number of hydrogen-bond donors (Lipinski definition) is 1. The van der Waals surface area contributed by atoms with Crippen molar-refractivity contribution in [2.75, 3.05) is 18.0 Å². The minimum absolute atomic E-state index is 0.0907. The monoisotopic (exact) mass is 557 g/mol. The van der Waals surface area contributed by atoms with Crippen LogP contribution in [0, 0.1) is 5.82 Å². The molecule has 2 atom stereocenters. The van der Waals surface area contributed by atoms with E-state index in [0.29, 0.717) is 34.7 Å². The number of likely N-dealkylation sites (tertiary alicyclic amines) is 1. The van der Waals surface area contributed by atoms with Gasteiger partial charge in [-0.25, -0.2) is 4.39 Å². The van der Waals surface area contributed by atoms with Crippen LogP contribution in [-0.2, 0) is 11.3 Å². The van der Waals surface area contributed by atoms with Crippen LogP contribution in [-0.4, -0.2) is 41.9 Å². The minimum atomic E-state index is -0.332. The van der Waals surface area contributed by atoms with Crippen LogP contribution in [0.25, 0.3) is 6.08 Å². The van der Waals surface area contributed by atoms with E-state index in [0.717, 1.165) is 29.1 Å². The number of benzene rings is 3. The number of hydrogen-bond acceptors (Lipinski definition) is 4. The number of para-hydroxylation sites is 1. The Labute approximate surface area is 240 Å². The number of amides is 2. The van der Waals surface area contributed by atoms with Crippen LogP contribution in [0.3, 0.4) is 0 Å². The van der Waals surface area contributed by atoms with E-state index in [-0.39, 0.29) is 24.2 Å². The van der Waals surface area contributed by atoms with Crippen LogP contribution in [0.4, 0.5) is 10.1 Å². The van der Waals surface area contributed by atoms with Gasteiger partial charge in [-0.3, -0.25) is 14.5 Å². The quantitative estimate of drug-likeness (QED) is 0.242. The van der Waals surface area contributed by atoms with Gasteiger partial charge in [-0.15, -0.1) is 0 Å². The minimum Gasteiger partial charge on any atom is -0.352 e. The predicted octanol–water partition coefficient (Wildman–Crippen LogP) is 6.89. The summed E-state index contributed by atoms with van der Waals surface area (Å²) in [6, 6.07) is 22.7. The molecule has 3 aromatic carbocycles. The van der Waals surface area contributed by atoms with Gasteiger partial charge in [-0.2, -0.15) is 0 Å². The molecule has 1 saturated heterocycles. The van der Waals surface area contributed by atoms with Crippen molar-refractivity contribution in [1.82, 2.24) is 10.2 Å². The van der Waals surface area contributed by atoms with E-state index in [4.69, 9.17) is 0 Å². The number of halogens is 1. The van der Waals surface area contributed by atoms with E-state index >= 15 is 0 Å². The number of carbonyl (C=O) groups is 2. The van der Waals surface area contributed by atoms with E-state index in [9.17, 15) is 14.0 Å². The second-order valence-corrected chi connectivity index (χ2v) is 11.7. The van der Waals surface area contributed by atoms with Gasteiger partial charge >= 0.3 is 0 Å². The molecule has 40 heavy (non-hydrogen) atoms. The van der Waals surface area contributed by atoms with Gasteiger partial charge in [-0.05, 0) is 75.1 Å². The summed E-state index contributed by atoms with van der Waals surface area (Å²) in [5, 5.41) is 3.04. The molecule has 1 fully saturated rings. The maximum Gasteiger partial charge on any atom is 0.265 e. The number of fused-ring (bicyclic) bond motifs is 1. The third-order valence-corrected chi connectivity index (χ3v) is 8.92. The average molecular weight is 558 g/mol. The van der Waals surface area contributed by atoms with Gasteiger partial charge in [0.2, 0.25) is 0 Å². The first kappa shape index (κ1) is 28.1. The fraction of sp³-hybridized carbons (Fsp3) is 0.333. The van der Waals surface area contributed by atoms with E-state index in [1.807, 2.05) is 42.5 Å². The molecule has 2 aliphatic heterocycles. The van der Waals surface area contributed by atoms with Gasteiger partial charge in [0.25, 0.3) is 11.8 Å². The fourth-order valence-corrected chi connectivity index (χ4v) is 6.64. The van der Waals surface area contributed by atoms with Crippen molar-refractivity contribution in [3.05, 3.63) is 100 Å². The molecule has 208 valence electrons. The van der Waals surface area contributed by atoms with Gasteiger partial charge in [0.1, 0.15) is 5.82 Å². The zero-order chi connectivity index (χ0) is 28.1. The molecule has 5 rings (SSSR count). The Bertz CT molecular complexity index is 1380. The van der Waals surface area contributed by atoms with Gasteiger partial charge in [0.05, 0.1) is 17.1 Å². The number of carbonyl (C=O) groups excluding carboxylic acids is 2. The summed E-state index contributed by atoms with van der Waals surface area (Å²) in [5.74, 6) is -0.598. The molecule has 0 spiro atoms. The summed E-state index contributed by atoms with van der Waals surface area (Å²) in [7, 11) is 0. The number of nitrogens with one attached hydrogen (secondary N) is 1. The molecule has 0 radical (unpaired) electrons. The third-order valence-electron chi connectivity index (χ3n) is 7.84. The predicted molar refractivity (Wildman–Crippen MR) is 161 cm³/mol. The fourth-order valence-electron chi connectivity index (χ4n) is 5.58. The van der Waals surface area contributed by atoms with E-state index in [2.05, 4.69) is 24.1 Å². The number of rotatable bonds is 8. The molecule has 0 saturated carbocycles. The van der Waals surface area contributed by atoms with Crippen molar-refractivity contribution < 1.29 is 14.0 Å². The zero-order valence-electron chi connectivity index (χ0n) is 23.1. The Balaban J connectivity index is 1.23. The molecular weight excluding hydrogens is 521 g/mol. The Morgan fingerprint density at radius 1 is 1.00 bits per heavy atom. The summed E-state index contributed by atoms with van der Waals surface area (Å²) in [6.07, 6.45) is 6.56. The first-order valence-electron chi connectivity index (χ1n) is 14.1. The summed E-state index contributed by atoms with van der Waals surface area (Å²) >= 11 is 1.41. The smallest absolute Gasteiger partial charge is 0.265 e. The largest absolute Gasteiger partial charge is 0.352 e. The molecule has 0 bridgehead atoms. The molecule has 2 aliphatic rings. The molecule has 0 aliphatic carbocycles. The highest BCUT2D eigenvalue weighted by molar-refractivity contribution is 8.04. The number of anilines is 1. The first-order chi connectivity index (χ1) is 19.4. The summed E-state index contributed by atoms with van der Waals surface area (Å²) in [4.78, 5) is 31.9. The van der Waals surface area contributed by atoms with Crippen LogP contribution < -0.4 is 10.2 Å². The van der Waals surface area contributed by atoms with Crippen LogP contribution >= 0.6 is 11.8 Å². The molecule has 7 heteroatoms. The van der Waals surface area contributed by atoms with Gasteiger partial charge in [0, 0.05) is 41.2 Å². The van der Waals surface area contributed by atoms with Crippen LogP contribution in [0.2, 0.25) is 0 Å². The molecule has 3 aromatic rings. The van der Waals surface area contributed by atoms with Crippen LogP contribution in [0.1, 0.15) is 61.0 Å². The number of piperidine rings is 1. The highest BCUT2D eigenvalue weighted by Crippen LogP contribution is 2.42. The Hall–Kier alpha value is -3.42. The van der Waals surface area contributed by atoms with Crippen molar-refractivity contribution >= 4 is 35.3 Å². The van der Waals surface area contributed by atoms with Crippen molar-refractivity contribution in [3.63, 3.8) is 0 Å². The van der Waals surface area contributed by atoms with E-state index in [1.165, 1.54) is 37.1 Å². The first-order valence-corrected chi connectivity index (χ1v) is 14.9. The van der Waals surface area contributed by atoms with Crippen molar-refractivity contribution in [2.45, 2.75) is 63.1 Å². The second kappa shape index (κ2) is 12.8. The summed E-state index contributed by atoms with van der Waals surface area (Å²) in [5.41, 5.74) is 2.66. The summed E-state index contributed by atoms with van der Waals surface area (Å²) < 4.78 is 14.4. The normalized spacial score (nSPS) is 20.4. The second-order valence-electron chi connectivity index (χ2n) is 10.7. The van der Waals surface area contributed by atoms with E-state index in [1.54, 1.807) is 35.2 Å². The lowest BCUT2D eigenvalue weighted by Crippen LogP contribution is -2.44. The van der Waals surface area contributed by atoms with E-state index < -0.39 is 0 Å². The Kier molecular flexibility index (Phi) is 9.02. The highest BCUT2D eigenvalue weighted by atomic mass is 32.2. The maximum atomic E-state index is 14.4. The summed E-state index contributed by atoms with van der Waals surface area (Å²) in [6.45, 7) is 6.38. The number of thioether (sulfide) groups is 1. The van der Waals surface area contributed by atoms with Gasteiger partial charge in [-0.1, -0.05) is 60.6 Å². The van der Waals surface area contributed by atoms with Crippen molar-refractivity contribution in [2.24, 2.45) is 0 Å². The molecule has 0 aromatic heterocycles. The van der Waals surface area contributed by atoms with Crippen LogP contribution in [0.5, 0.6) is 0 Å². The van der Waals surface area contributed by atoms with Gasteiger partial charge < -0.3 is 10.2 Å². The number of nitrogens with zero attached hydrogens (tertiary/aromatic N) is 2. The average Bonchev–Trinajstić information content (AvgIpc) is 2.96. The SMILES string of the molecule is C[C@@H]1CCC[C@H](C)N1CCCNC(=O)c1ccc(/C=C2\Sc3ccccc3N(Cc3ccccc3F)C2=O)cc1. The van der Waals surface area contributed by atoms with Crippen molar-refractivity contribution in [3.8, 4) is 0 Å². The lowest BCUT2D eigenvalue weighted by molar-refractivity contribution is -0.114. The topological polar surface area (TPSA) is 52.7 Å². The highest BCUT2D eigenvalue weighted by Gasteiger charge is 2.29. The molecular formula is C33H36FN3O2S. The zero-order valence-corrected chi connectivity index (χ0v) is 23.9. The lowest BCUT2D eigenvalue weighted by atomic mass is 9.97. The molecule has 2 heterocycles. The Morgan fingerprint density at radius 2 is 1.70 bits per heavy atom. The third kappa shape index (κ3) is 6.48. The standard InChI is InChI=1S/C33H36FN3O2S/c1-23-9-7-10-24(2)36(23)20-8-19-35-32(38)26-17-15-25(16-18-26)21-31-33(39)37(22-27-11-3-4-12-28(27)34)29-13-5-6-14-30(29)40-31/h3-6,11-18,21,23-24H,7-10,19-20,22H2,1-2H3,(H,35,38)/b31-21-/t23-,24+. The lowest BCUT2D eigenvalue weighted by Gasteiger charge is -2.39. The molecule has 0 unspecified atom stereocenters. The van der Waals surface area contributed by atoms with Crippen LogP contribution in [0.15, 0.2) is 82.6 Å². The van der Waals surface area contributed by atoms with Gasteiger partial charge in [0.15, 0.2) is 0 Å². The Morgan fingerprint density at radius 3 is 2.45 bits per heavy atom. The molecule has 2 amide bonds.